The molecule has 16 heavy (non-hydrogen) atoms. The smallest absolute Gasteiger partial charge is 0.316 e. The number of aromatic nitrogens is 2. The van der Waals surface area contributed by atoms with Gasteiger partial charge in [0.1, 0.15) is 0 Å². The minimum absolute atomic E-state index is 0.0580. The van der Waals surface area contributed by atoms with Gasteiger partial charge in [-0.15, -0.1) is 0 Å². The van der Waals surface area contributed by atoms with Crippen molar-refractivity contribution in [1.29, 1.82) is 0 Å². The number of hydrogen-bond donors (Lipinski definition) is 2. The van der Waals surface area contributed by atoms with Crippen LogP contribution in [0.5, 0.6) is 0 Å². The predicted octanol–water partition coefficient (Wildman–Crippen LogP) is 0.706. The highest BCUT2D eigenvalue weighted by Gasteiger charge is 2.17. The molecule has 2 rings (SSSR count). The normalized spacial score (nSPS) is 20.7. The molecular formula is C10H16N4O2. The maximum Gasteiger partial charge on any atom is 0.328 e. The minimum Gasteiger partial charge on any atom is -0.316 e. The largest absolute Gasteiger partial charge is 0.328 e. The number of carbonyl (C=O) groups excluding carboxylic acids is 1. The van der Waals surface area contributed by atoms with E-state index in [4.69, 9.17) is 4.52 Å². The molecule has 6 heteroatoms. The van der Waals surface area contributed by atoms with Crippen LogP contribution < -0.4 is 10.6 Å². The van der Waals surface area contributed by atoms with Crippen LogP contribution >= 0.6 is 0 Å². The molecule has 1 unspecified atom stereocenters. The van der Waals surface area contributed by atoms with E-state index in [0.717, 1.165) is 25.9 Å². The zero-order chi connectivity index (χ0) is 11.4. The molecule has 6 nitrogen and oxygen atoms in total. The van der Waals surface area contributed by atoms with Crippen LogP contribution in [0, 0.1) is 12.8 Å². The Labute approximate surface area is 93.8 Å². The molecule has 1 aliphatic heterocycles. The second-order valence-electron chi connectivity index (χ2n) is 4.11. The Kier molecular flexibility index (Phi) is 3.51. The fourth-order valence-corrected chi connectivity index (χ4v) is 1.88. The molecule has 2 heterocycles. The van der Waals surface area contributed by atoms with E-state index in [1.165, 1.54) is 0 Å². The van der Waals surface area contributed by atoms with E-state index in [2.05, 4.69) is 20.8 Å². The fraction of sp³-hybridized carbons (Fsp3) is 0.700. The topological polar surface area (TPSA) is 80.0 Å². The van der Waals surface area contributed by atoms with Gasteiger partial charge in [0.2, 0.25) is 5.91 Å². The summed E-state index contributed by atoms with van der Waals surface area (Å²) in [5.41, 5.74) is 0. The highest BCUT2D eigenvalue weighted by atomic mass is 16.5. The van der Waals surface area contributed by atoms with Gasteiger partial charge in [-0.25, -0.2) is 0 Å². The number of amides is 1. The lowest BCUT2D eigenvalue weighted by Gasteiger charge is -2.21. The molecule has 0 bridgehead atoms. The van der Waals surface area contributed by atoms with Crippen molar-refractivity contribution in [1.82, 2.24) is 15.5 Å². The molecule has 1 atom stereocenters. The summed E-state index contributed by atoms with van der Waals surface area (Å²) in [4.78, 5) is 15.5. The van der Waals surface area contributed by atoms with Crippen molar-refractivity contribution >= 4 is 11.9 Å². The molecule has 0 radical (unpaired) electrons. The van der Waals surface area contributed by atoms with E-state index in [9.17, 15) is 4.79 Å². The van der Waals surface area contributed by atoms with Crippen LogP contribution in [-0.4, -0.2) is 29.1 Å². The monoisotopic (exact) mass is 224 g/mol. The van der Waals surface area contributed by atoms with Gasteiger partial charge in [-0.2, -0.15) is 4.98 Å². The Bertz CT molecular complexity index is 357. The van der Waals surface area contributed by atoms with Crippen molar-refractivity contribution < 1.29 is 9.32 Å². The molecule has 2 N–H and O–H groups in total. The first-order chi connectivity index (χ1) is 7.74. The van der Waals surface area contributed by atoms with E-state index >= 15 is 0 Å². The minimum atomic E-state index is -0.0580. The van der Waals surface area contributed by atoms with E-state index in [1.54, 1.807) is 6.92 Å². The van der Waals surface area contributed by atoms with E-state index in [1.807, 2.05) is 0 Å². The second kappa shape index (κ2) is 5.07. The van der Waals surface area contributed by atoms with Crippen LogP contribution in [-0.2, 0) is 4.79 Å². The number of aryl methyl sites for hydroxylation is 1. The van der Waals surface area contributed by atoms with Crippen molar-refractivity contribution in [2.75, 3.05) is 18.4 Å². The van der Waals surface area contributed by atoms with Gasteiger partial charge in [0.05, 0.1) is 0 Å². The Morgan fingerprint density at radius 1 is 1.69 bits per heavy atom. The van der Waals surface area contributed by atoms with Gasteiger partial charge in [-0.1, -0.05) is 5.16 Å². The number of carbonyl (C=O) groups is 1. The second-order valence-corrected chi connectivity index (χ2v) is 4.11. The highest BCUT2D eigenvalue weighted by Crippen LogP contribution is 2.14. The summed E-state index contributed by atoms with van der Waals surface area (Å²) in [6.07, 6.45) is 2.75. The van der Waals surface area contributed by atoms with Crippen molar-refractivity contribution in [3.63, 3.8) is 0 Å². The lowest BCUT2D eigenvalue weighted by atomic mass is 9.96. The quantitative estimate of drug-likeness (QED) is 0.790. The van der Waals surface area contributed by atoms with Gasteiger partial charge < -0.3 is 9.84 Å². The third kappa shape index (κ3) is 3.03. The maximum absolute atomic E-state index is 11.6. The fourth-order valence-electron chi connectivity index (χ4n) is 1.88. The Hall–Kier alpha value is -1.43. The van der Waals surface area contributed by atoms with Crippen molar-refractivity contribution in [2.45, 2.75) is 26.2 Å². The first-order valence-electron chi connectivity index (χ1n) is 5.55. The number of anilines is 1. The van der Waals surface area contributed by atoms with Gasteiger partial charge in [0.15, 0.2) is 5.82 Å². The highest BCUT2D eigenvalue weighted by molar-refractivity contribution is 5.88. The summed E-state index contributed by atoms with van der Waals surface area (Å²) < 4.78 is 4.82. The molecule has 1 saturated heterocycles. The van der Waals surface area contributed by atoms with Gasteiger partial charge in [0, 0.05) is 6.42 Å². The molecule has 1 fully saturated rings. The molecule has 1 aromatic rings. The average Bonchev–Trinajstić information content (AvgIpc) is 2.65. The summed E-state index contributed by atoms with van der Waals surface area (Å²) in [6, 6.07) is 0.186. The van der Waals surface area contributed by atoms with Gasteiger partial charge in [-0.05, 0) is 38.8 Å². The van der Waals surface area contributed by atoms with E-state index < -0.39 is 0 Å². The number of hydrogen-bond acceptors (Lipinski definition) is 5. The SMILES string of the molecule is Cc1noc(NC(=O)CC2CCCNC2)n1. The van der Waals surface area contributed by atoms with Crippen LogP contribution in [0.1, 0.15) is 25.1 Å². The molecule has 0 aliphatic carbocycles. The Balaban J connectivity index is 1.79. The molecule has 1 amide bonds. The molecule has 0 saturated carbocycles. The Morgan fingerprint density at radius 3 is 3.19 bits per heavy atom. The van der Waals surface area contributed by atoms with Crippen LogP contribution in [0.4, 0.5) is 6.01 Å². The van der Waals surface area contributed by atoms with E-state index in [0.29, 0.717) is 18.2 Å². The van der Waals surface area contributed by atoms with Gasteiger partial charge in [0.25, 0.3) is 0 Å². The molecule has 1 aliphatic rings. The van der Waals surface area contributed by atoms with E-state index in [-0.39, 0.29) is 11.9 Å². The third-order valence-electron chi connectivity index (χ3n) is 2.65. The molecule has 1 aromatic heterocycles. The van der Waals surface area contributed by atoms with Crippen LogP contribution in [0.3, 0.4) is 0 Å². The van der Waals surface area contributed by atoms with Crippen molar-refractivity contribution in [3.05, 3.63) is 5.82 Å². The number of piperidine rings is 1. The standard InChI is InChI=1S/C10H16N4O2/c1-7-12-10(16-14-7)13-9(15)5-8-3-2-4-11-6-8/h8,11H,2-6H2,1H3,(H,12,13,14,15). The summed E-state index contributed by atoms with van der Waals surface area (Å²) in [7, 11) is 0. The van der Waals surface area contributed by atoms with Gasteiger partial charge in [-0.3, -0.25) is 10.1 Å². The lowest BCUT2D eigenvalue weighted by molar-refractivity contribution is -0.117. The summed E-state index contributed by atoms with van der Waals surface area (Å²) in [5, 5.41) is 9.48. The zero-order valence-corrected chi connectivity index (χ0v) is 9.32. The number of rotatable bonds is 3. The summed E-state index contributed by atoms with van der Waals surface area (Å²) in [6.45, 7) is 3.68. The van der Waals surface area contributed by atoms with Crippen LogP contribution in [0.2, 0.25) is 0 Å². The maximum atomic E-state index is 11.6. The lowest BCUT2D eigenvalue weighted by Crippen LogP contribution is -2.32. The van der Waals surface area contributed by atoms with Crippen molar-refractivity contribution in [3.8, 4) is 0 Å². The molecule has 88 valence electrons. The number of nitrogens with one attached hydrogen (secondary N) is 2. The average molecular weight is 224 g/mol. The van der Waals surface area contributed by atoms with Gasteiger partial charge >= 0.3 is 6.01 Å². The van der Waals surface area contributed by atoms with Crippen LogP contribution in [0.25, 0.3) is 0 Å². The first-order valence-corrected chi connectivity index (χ1v) is 5.55. The molecule has 0 aromatic carbocycles. The van der Waals surface area contributed by atoms with Crippen LogP contribution in [0.15, 0.2) is 4.52 Å². The predicted molar refractivity (Wildman–Crippen MR) is 57.9 cm³/mol. The first kappa shape index (κ1) is 11.1. The molecule has 0 spiro atoms. The zero-order valence-electron chi connectivity index (χ0n) is 9.32. The Morgan fingerprint density at radius 2 is 2.56 bits per heavy atom. The molecular weight excluding hydrogens is 208 g/mol. The van der Waals surface area contributed by atoms with Crippen molar-refractivity contribution in [2.24, 2.45) is 5.92 Å². The number of nitrogens with zero attached hydrogens (tertiary/aromatic N) is 2. The third-order valence-corrected chi connectivity index (χ3v) is 2.65. The summed E-state index contributed by atoms with van der Waals surface area (Å²) >= 11 is 0. The summed E-state index contributed by atoms with van der Waals surface area (Å²) in [5.74, 6) is 0.879.